The van der Waals surface area contributed by atoms with Crippen LogP contribution in [0.15, 0.2) is 48.5 Å². The number of rotatable bonds is 2. The molecule has 4 heteroatoms. The third-order valence-electron chi connectivity index (χ3n) is 2.20. The Morgan fingerprint density at radius 3 is 2.50 bits per heavy atom. The Morgan fingerprint density at radius 1 is 0.812 bits per heavy atom. The summed E-state index contributed by atoms with van der Waals surface area (Å²) < 4.78 is 11.2. The van der Waals surface area contributed by atoms with Gasteiger partial charge in [-0.25, -0.2) is 0 Å². The van der Waals surface area contributed by atoms with Gasteiger partial charge in [0.2, 0.25) is 0 Å². The quantitative estimate of drug-likeness (QED) is 0.666. The topological polar surface area (TPSA) is 25.8 Å². The summed E-state index contributed by atoms with van der Waals surface area (Å²) in [7, 11) is 0. The Hall–Kier alpha value is -1.22. The van der Waals surface area contributed by atoms with Gasteiger partial charge in [0.1, 0.15) is 0 Å². The summed E-state index contributed by atoms with van der Waals surface area (Å²) in [5.74, 6) is 0. The van der Waals surface area contributed by atoms with Gasteiger partial charge in [-0.15, -0.1) is 0 Å². The summed E-state index contributed by atoms with van der Waals surface area (Å²) >= 11 is 1.64. The van der Waals surface area contributed by atoms with E-state index in [-0.39, 0.29) is 0 Å². The van der Waals surface area contributed by atoms with Gasteiger partial charge in [0.15, 0.2) is 0 Å². The van der Waals surface area contributed by atoms with Gasteiger partial charge in [-0.2, -0.15) is 0 Å². The zero-order valence-electron chi connectivity index (χ0n) is 8.33. The molecule has 78 valence electrons. The molecular weight excluding hydrogens is 283 g/mol. The van der Waals surface area contributed by atoms with E-state index < -0.39 is 0 Å². The van der Waals surface area contributed by atoms with Crippen molar-refractivity contribution in [2.45, 2.75) is 0 Å². The molecule has 0 amide bonds. The van der Waals surface area contributed by atoms with Gasteiger partial charge in [0, 0.05) is 0 Å². The number of aromatic nitrogens is 2. The molecule has 2 nitrogen and oxygen atoms in total. The zero-order chi connectivity index (χ0) is 10.8. The van der Waals surface area contributed by atoms with Crippen molar-refractivity contribution >= 4 is 46.6 Å². The van der Waals surface area contributed by atoms with Crippen LogP contribution in [-0.2, 0) is 0 Å². The zero-order valence-corrected chi connectivity index (χ0v) is 10.9. The van der Waals surface area contributed by atoms with E-state index in [9.17, 15) is 0 Å². The first-order valence-electron chi connectivity index (χ1n) is 4.87. The van der Waals surface area contributed by atoms with Gasteiger partial charge in [-0.3, -0.25) is 0 Å². The molecule has 0 atom stereocenters. The fourth-order valence-corrected chi connectivity index (χ4v) is 3.80. The van der Waals surface area contributed by atoms with E-state index in [1.54, 1.807) is 0 Å². The van der Waals surface area contributed by atoms with Gasteiger partial charge in [-0.1, -0.05) is 0 Å². The Labute approximate surface area is 104 Å². The molecule has 0 radical (unpaired) electrons. The Balaban J connectivity index is 1.94. The molecule has 2 aromatic carbocycles. The van der Waals surface area contributed by atoms with Gasteiger partial charge in [0.25, 0.3) is 0 Å². The van der Waals surface area contributed by atoms with E-state index in [1.165, 1.54) is 20.7 Å². The first-order chi connectivity index (χ1) is 7.92. The molecular formula is C12H8N2SSe. The van der Waals surface area contributed by atoms with Crippen molar-refractivity contribution in [3.05, 3.63) is 48.5 Å². The Kier molecular flexibility index (Phi) is 2.70. The second-order valence-electron chi connectivity index (χ2n) is 3.33. The molecule has 0 aliphatic rings. The normalized spacial score (nSPS) is 10.8. The minimum atomic E-state index is 0.360. The van der Waals surface area contributed by atoms with Gasteiger partial charge < -0.3 is 0 Å². The van der Waals surface area contributed by atoms with Crippen molar-refractivity contribution in [1.29, 1.82) is 0 Å². The first-order valence-corrected chi connectivity index (χ1v) is 7.31. The molecule has 0 saturated heterocycles. The molecule has 1 aromatic heterocycles. The number of fused-ring (bicyclic) bond motifs is 1. The van der Waals surface area contributed by atoms with Crippen LogP contribution < -0.4 is 8.92 Å². The first kappa shape index (κ1) is 9.97. The molecule has 0 spiro atoms. The van der Waals surface area contributed by atoms with Crippen molar-refractivity contribution in [2.75, 3.05) is 0 Å². The van der Waals surface area contributed by atoms with Gasteiger partial charge in [0.05, 0.1) is 0 Å². The van der Waals surface area contributed by atoms with Crippen LogP contribution in [0.1, 0.15) is 0 Å². The molecule has 0 unspecified atom stereocenters. The second kappa shape index (κ2) is 4.34. The predicted octanol–water partition coefficient (Wildman–Crippen LogP) is 1.35. The van der Waals surface area contributed by atoms with Crippen molar-refractivity contribution < 1.29 is 0 Å². The number of hydrogen-bond donors (Lipinski definition) is 0. The van der Waals surface area contributed by atoms with Crippen LogP contribution in [0.2, 0.25) is 0 Å². The Bertz CT molecular complexity index is 606. The molecule has 0 aliphatic carbocycles. The predicted molar refractivity (Wildman–Crippen MR) is 68.9 cm³/mol. The number of benzene rings is 2. The van der Waals surface area contributed by atoms with Crippen molar-refractivity contribution in [2.24, 2.45) is 0 Å². The van der Waals surface area contributed by atoms with E-state index in [2.05, 4.69) is 51.2 Å². The maximum atomic E-state index is 4.26. The molecule has 0 aliphatic heterocycles. The second-order valence-corrected chi connectivity index (χ2v) is 6.26. The maximum absolute atomic E-state index is 4.26. The summed E-state index contributed by atoms with van der Waals surface area (Å²) in [5, 5.41) is 0. The number of hydrogen-bond acceptors (Lipinski definition) is 3. The minimum absolute atomic E-state index is 0.360. The van der Waals surface area contributed by atoms with Crippen LogP contribution >= 0.6 is 11.7 Å². The summed E-state index contributed by atoms with van der Waals surface area (Å²) in [6.07, 6.45) is 0. The summed E-state index contributed by atoms with van der Waals surface area (Å²) in [4.78, 5) is 0. The van der Waals surface area contributed by atoms with E-state index in [0.29, 0.717) is 15.0 Å². The standard InChI is InChI=1S/C12H8N2SSe/c1-2-4-9(5-3-1)16-10-6-7-11-12(8-10)14-15-13-11/h1-8H. The summed E-state index contributed by atoms with van der Waals surface area (Å²) in [6.45, 7) is 0. The average Bonchev–Trinajstić information content (AvgIpc) is 2.77. The summed E-state index contributed by atoms with van der Waals surface area (Å²) in [5.41, 5.74) is 2.01. The van der Waals surface area contributed by atoms with Crippen LogP contribution in [0.3, 0.4) is 0 Å². The fourth-order valence-electron chi connectivity index (χ4n) is 1.45. The molecule has 0 saturated carbocycles. The van der Waals surface area contributed by atoms with E-state index in [1.807, 2.05) is 6.07 Å². The van der Waals surface area contributed by atoms with Gasteiger partial charge >= 0.3 is 104 Å². The fraction of sp³-hybridized carbons (Fsp3) is 0. The van der Waals surface area contributed by atoms with E-state index in [0.717, 1.165) is 11.0 Å². The van der Waals surface area contributed by atoms with Crippen molar-refractivity contribution in [3.63, 3.8) is 0 Å². The molecule has 3 rings (SSSR count). The third kappa shape index (κ3) is 2.00. The molecule has 3 aromatic rings. The average molecular weight is 291 g/mol. The van der Waals surface area contributed by atoms with Gasteiger partial charge in [-0.05, 0) is 0 Å². The van der Waals surface area contributed by atoms with E-state index >= 15 is 0 Å². The van der Waals surface area contributed by atoms with Crippen molar-refractivity contribution in [3.8, 4) is 0 Å². The summed E-state index contributed by atoms with van der Waals surface area (Å²) in [6, 6.07) is 16.9. The molecule has 16 heavy (non-hydrogen) atoms. The van der Waals surface area contributed by atoms with Crippen LogP contribution in [0.5, 0.6) is 0 Å². The monoisotopic (exact) mass is 292 g/mol. The molecule has 0 bridgehead atoms. The van der Waals surface area contributed by atoms with Crippen LogP contribution in [0, 0.1) is 0 Å². The molecule has 1 heterocycles. The SMILES string of the molecule is c1ccc([Se]c2ccc3nsnc3c2)cc1. The van der Waals surface area contributed by atoms with E-state index in [4.69, 9.17) is 0 Å². The number of nitrogens with zero attached hydrogens (tertiary/aromatic N) is 2. The van der Waals surface area contributed by atoms with Crippen molar-refractivity contribution in [1.82, 2.24) is 8.75 Å². The Morgan fingerprint density at radius 2 is 1.62 bits per heavy atom. The molecule has 0 N–H and O–H groups in total. The van der Waals surface area contributed by atoms with Crippen LogP contribution in [0.4, 0.5) is 0 Å². The third-order valence-corrected chi connectivity index (χ3v) is 4.85. The molecule has 0 fully saturated rings. The van der Waals surface area contributed by atoms with Crippen LogP contribution in [0.25, 0.3) is 11.0 Å². The van der Waals surface area contributed by atoms with Crippen LogP contribution in [-0.4, -0.2) is 23.7 Å².